The van der Waals surface area contributed by atoms with Gasteiger partial charge < -0.3 is 65.1 Å². The first-order valence-corrected chi connectivity index (χ1v) is 29.1. The number of ether oxygens (including phenoxy) is 4. The molecule has 2 aliphatic rings. The Bertz CT molecular complexity index is 1690. The largest absolute Gasteiger partial charge is 0.394 e. The molecule has 434 valence electrons. The van der Waals surface area contributed by atoms with Gasteiger partial charge in [0.1, 0.15) is 48.8 Å². The first-order valence-electron chi connectivity index (χ1n) is 29.1. The van der Waals surface area contributed by atoms with Gasteiger partial charge in [0.15, 0.2) is 12.6 Å². The van der Waals surface area contributed by atoms with Crippen molar-refractivity contribution in [2.75, 3.05) is 19.8 Å². The van der Waals surface area contributed by atoms with E-state index in [1.54, 1.807) is 6.08 Å². The first kappa shape index (κ1) is 68.8. The van der Waals surface area contributed by atoms with Crippen LogP contribution in [0.15, 0.2) is 109 Å². The van der Waals surface area contributed by atoms with E-state index in [9.17, 15) is 45.6 Å². The van der Waals surface area contributed by atoms with Crippen LogP contribution in [-0.4, -0.2) is 140 Å². The number of aliphatic hydroxyl groups excluding tert-OH is 8. The van der Waals surface area contributed by atoms with E-state index in [0.717, 1.165) is 89.9 Å². The summed E-state index contributed by atoms with van der Waals surface area (Å²) in [6.45, 7) is 2.63. The molecule has 0 aromatic rings. The van der Waals surface area contributed by atoms with Crippen molar-refractivity contribution in [2.24, 2.45) is 0 Å². The predicted octanol–water partition coefficient (Wildman–Crippen LogP) is 9.66. The van der Waals surface area contributed by atoms with Gasteiger partial charge in [0.25, 0.3) is 0 Å². The molecule has 0 aromatic carbocycles. The number of nitrogens with one attached hydrogen (secondary N) is 1. The summed E-state index contributed by atoms with van der Waals surface area (Å²) in [6.07, 6.45) is 48.3. The number of aliphatic hydroxyl groups is 8. The van der Waals surface area contributed by atoms with Crippen LogP contribution in [0, 0.1) is 0 Å². The number of hydrogen-bond donors (Lipinski definition) is 9. The van der Waals surface area contributed by atoms with E-state index in [2.05, 4.69) is 116 Å². The van der Waals surface area contributed by atoms with Gasteiger partial charge in [-0.15, -0.1) is 0 Å². The highest BCUT2D eigenvalue weighted by Crippen LogP contribution is 2.30. The molecule has 0 spiro atoms. The highest BCUT2D eigenvalue weighted by molar-refractivity contribution is 5.76. The molecule has 0 radical (unpaired) electrons. The minimum absolute atomic E-state index is 0.219. The molecule has 14 heteroatoms. The first-order chi connectivity index (χ1) is 37.1. The number of carbonyl (C=O) groups is 1. The number of carbonyl (C=O) groups excluding carboxylic acids is 1. The second-order valence-corrected chi connectivity index (χ2v) is 20.0. The minimum Gasteiger partial charge on any atom is -0.394 e. The Morgan fingerprint density at radius 2 is 0.908 bits per heavy atom. The Morgan fingerprint density at radius 3 is 1.39 bits per heavy atom. The van der Waals surface area contributed by atoms with Crippen molar-refractivity contribution in [3.8, 4) is 0 Å². The van der Waals surface area contributed by atoms with Crippen LogP contribution in [0.4, 0.5) is 0 Å². The Hall–Kier alpha value is -3.35. The van der Waals surface area contributed by atoms with Crippen molar-refractivity contribution in [3.63, 3.8) is 0 Å². The van der Waals surface area contributed by atoms with Crippen LogP contribution in [0.5, 0.6) is 0 Å². The SMILES string of the molecule is CC/C=C\C/C=C\C/C=C\C/C=C\C/C=C\C/C=C\C/C=C\C/C=C\CCCCC(=O)NC(COC1OC(CO)C(OC2OC(CO)C(O)C(O)C2O)C(O)C1O)C(O)/C=C/CCCCCCCCCCCCCCC. The minimum atomic E-state index is -1.80. The maximum atomic E-state index is 13.2. The topological polar surface area (TPSA) is 228 Å². The van der Waals surface area contributed by atoms with Gasteiger partial charge in [-0.05, 0) is 83.5 Å². The molecule has 2 heterocycles. The molecule has 0 aliphatic carbocycles. The Kier molecular flexibility index (Phi) is 42.1. The summed E-state index contributed by atoms with van der Waals surface area (Å²) in [5, 5.41) is 87.0. The second kappa shape index (κ2) is 46.6. The lowest BCUT2D eigenvalue weighted by Crippen LogP contribution is -2.65. The summed E-state index contributed by atoms with van der Waals surface area (Å²) in [7, 11) is 0. The van der Waals surface area contributed by atoms with Crippen molar-refractivity contribution in [1.29, 1.82) is 0 Å². The quantitative estimate of drug-likeness (QED) is 0.0205. The number of hydrogen-bond acceptors (Lipinski definition) is 13. The fourth-order valence-corrected chi connectivity index (χ4v) is 8.78. The van der Waals surface area contributed by atoms with E-state index in [1.165, 1.54) is 64.2 Å². The van der Waals surface area contributed by atoms with Gasteiger partial charge in [-0.2, -0.15) is 0 Å². The Morgan fingerprint density at radius 1 is 0.487 bits per heavy atom. The van der Waals surface area contributed by atoms with E-state index in [0.29, 0.717) is 6.42 Å². The number of amides is 1. The van der Waals surface area contributed by atoms with Crippen LogP contribution < -0.4 is 5.32 Å². The van der Waals surface area contributed by atoms with Crippen LogP contribution >= 0.6 is 0 Å². The van der Waals surface area contributed by atoms with Gasteiger partial charge in [0.2, 0.25) is 5.91 Å². The average Bonchev–Trinajstić information content (AvgIpc) is 3.42. The Balaban J connectivity index is 1.80. The van der Waals surface area contributed by atoms with Gasteiger partial charge in [-0.1, -0.05) is 200 Å². The highest BCUT2D eigenvalue weighted by Gasteiger charge is 2.51. The molecule has 0 saturated carbocycles. The lowest BCUT2D eigenvalue weighted by molar-refractivity contribution is -0.359. The van der Waals surface area contributed by atoms with E-state index >= 15 is 0 Å². The van der Waals surface area contributed by atoms with Crippen LogP contribution in [-0.2, 0) is 23.7 Å². The summed E-state index contributed by atoms with van der Waals surface area (Å²) in [5.74, 6) is -0.287. The van der Waals surface area contributed by atoms with Gasteiger partial charge >= 0.3 is 0 Å². The molecule has 14 nitrogen and oxygen atoms in total. The standard InChI is InChI=1S/C62H103NO13/c1-3-5-7-9-11-13-15-17-19-20-21-22-23-24-25-26-27-28-29-30-32-34-36-38-40-42-44-46-54(67)63-50(51(66)45-43-41-39-37-35-33-31-18-16-14-12-10-8-6-4-2)49-73-61-59(72)57(70)60(53(48-65)75-61)76-62-58(71)56(69)55(68)52(47-64)74-62/h5,7,11,13,17,19,21-22,24-25,27-28,30,32,36,38,43,45,50-53,55-62,64-66,68-72H,3-4,6,8-10,12,14-16,18,20,23,26,29,31,33-35,37,39-42,44,46-49H2,1-2H3,(H,63,67)/b7-5-,13-11-,19-17-,22-21-,25-24-,28-27-,32-30-,38-36-,45-43+. The van der Waals surface area contributed by atoms with E-state index < -0.39 is 86.8 Å². The molecule has 2 rings (SSSR count). The predicted molar refractivity (Wildman–Crippen MR) is 304 cm³/mol. The zero-order chi connectivity index (χ0) is 55.3. The van der Waals surface area contributed by atoms with Gasteiger partial charge in [0.05, 0.1) is 32.0 Å². The molecule has 9 N–H and O–H groups in total. The van der Waals surface area contributed by atoms with Crippen LogP contribution in [0.3, 0.4) is 0 Å². The molecule has 0 bridgehead atoms. The molecular weight excluding hydrogens is 967 g/mol. The zero-order valence-corrected chi connectivity index (χ0v) is 46.4. The number of allylic oxidation sites excluding steroid dienone is 17. The molecule has 2 saturated heterocycles. The van der Waals surface area contributed by atoms with E-state index in [-0.39, 0.29) is 18.9 Å². The van der Waals surface area contributed by atoms with Crippen molar-refractivity contribution in [1.82, 2.24) is 5.32 Å². The van der Waals surface area contributed by atoms with Crippen molar-refractivity contribution < 1.29 is 64.6 Å². The lowest BCUT2D eigenvalue weighted by atomic mass is 9.97. The van der Waals surface area contributed by atoms with E-state index in [4.69, 9.17) is 18.9 Å². The molecule has 2 fully saturated rings. The lowest BCUT2D eigenvalue weighted by Gasteiger charge is -2.46. The second-order valence-electron chi connectivity index (χ2n) is 20.0. The normalized spacial score (nSPS) is 25.7. The zero-order valence-electron chi connectivity index (χ0n) is 46.4. The summed E-state index contributed by atoms with van der Waals surface area (Å²) < 4.78 is 22.7. The summed E-state index contributed by atoms with van der Waals surface area (Å²) in [5.41, 5.74) is 0. The van der Waals surface area contributed by atoms with Gasteiger partial charge in [0, 0.05) is 6.42 Å². The highest BCUT2D eigenvalue weighted by atomic mass is 16.7. The molecular formula is C62H103NO13. The number of unbranched alkanes of at least 4 members (excludes halogenated alkanes) is 15. The maximum Gasteiger partial charge on any atom is 0.220 e. The molecule has 1 amide bonds. The van der Waals surface area contributed by atoms with Crippen LogP contribution in [0.2, 0.25) is 0 Å². The third-order valence-electron chi connectivity index (χ3n) is 13.5. The third kappa shape index (κ3) is 31.9. The molecule has 2 aliphatic heterocycles. The summed E-state index contributed by atoms with van der Waals surface area (Å²) >= 11 is 0. The van der Waals surface area contributed by atoms with Crippen LogP contribution in [0.25, 0.3) is 0 Å². The molecule has 12 unspecified atom stereocenters. The van der Waals surface area contributed by atoms with Crippen molar-refractivity contribution in [2.45, 2.75) is 254 Å². The molecule has 0 aromatic heterocycles. The van der Waals surface area contributed by atoms with Crippen LogP contribution in [0.1, 0.15) is 181 Å². The number of rotatable bonds is 44. The summed E-state index contributed by atoms with van der Waals surface area (Å²) in [6, 6.07) is -0.946. The fourth-order valence-electron chi connectivity index (χ4n) is 8.78. The molecule has 12 atom stereocenters. The van der Waals surface area contributed by atoms with Crippen molar-refractivity contribution in [3.05, 3.63) is 109 Å². The smallest absolute Gasteiger partial charge is 0.220 e. The van der Waals surface area contributed by atoms with Gasteiger partial charge in [-0.25, -0.2) is 0 Å². The van der Waals surface area contributed by atoms with Crippen molar-refractivity contribution >= 4 is 5.91 Å². The average molecular weight is 1070 g/mol. The summed E-state index contributed by atoms with van der Waals surface area (Å²) in [4.78, 5) is 13.2. The third-order valence-corrected chi connectivity index (χ3v) is 13.5. The maximum absolute atomic E-state index is 13.2. The Labute approximate surface area is 457 Å². The van der Waals surface area contributed by atoms with Gasteiger partial charge in [-0.3, -0.25) is 4.79 Å². The molecule has 76 heavy (non-hydrogen) atoms. The van der Waals surface area contributed by atoms with E-state index in [1.807, 2.05) is 6.08 Å². The monoisotopic (exact) mass is 1070 g/mol. The fraction of sp³-hybridized carbons (Fsp3) is 0.694.